The third-order valence-corrected chi connectivity index (χ3v) is 5.01. The molecule has 0 N–H and O–H groups in total. The third-order valence-electron chi connectivity index (χ3n) is 3.74. The topological polar surface area (TPSA) is 82.0 Å². The molecule has 1 heterocycles. The van der Waals surface area contributed by atoms with E-state index in [9.17, 15) is 13.2 Å². The van der Waals surface area contributed by atoms with Crippen molar-refractivity contribution in [2.45, 2.75) is 24.8 Å². The van der Waals surface area contributed by atoms with Gasteiger partial charge in [-0.2, -0.15) is 8.42 Å². The molecule has 0 unspecified atom stereocenters. The van der Waals surface area contributed by atoms with E-state index in [0.717, 1.165) is 5.56 Å². The van der Waals surface area contributed by atoms with Crippen LogP contribution in [0.4, 0.5) is 0 Å². The van der Waals surface area contributed by atoms with Crippen molar-refractivity contribution in [2.24, 2.45) is 4.40 Å². The lowest BCUT2D eigenvalue weighted by Gasteiger charge is -2.26. The van der Waals surface area contributed by atoms with E-state index < -0.39 is 22.1 Å². The summed E-state index contributed by atoms with van der Waals surface area (Å²) in [6.07, 6.45) is -0.588. The molecule has 0 spiro atoms. The van der Waals surface area contributed by atoms with E-state index >= 15 is 0 Å². The van der Waals surface area contributed by atoms with Crippen LogP contribution in [0, 0.1) is 6.92 Å². The second-order valence-electron chi connectivity index (χ2n) is 5.68. The minimum absolute atomic E-state index is 0.000392. The maximum Gasteiger partial charge on any atom is 0.303 e. The van der Waals surface area contributed by atoms with Crippen molar-refractivity contribution in [2.75, 3.05) is 6.61 Å². The minimum Gasteiger partial charge on any atom is -0.472 e. The average Bonchev–Trinajstić information content (AvgIpc) is 2.57. The van der Waals surface area contributed by atoms with Gasteiger partial charge in [-0.15, -0.1) is 4.40 Å². The standard InChI is InChI=1S/C18H17NO5S/c1-12-7-9-14(10-8-12)25(21,22)19-18-16-6-4-3-5-15(16)17(11-23-18)24-13(2)20/h3-10,17H,11H2,1-2H3/b19-18-/t17-/m0/s1. The first-order valence-corrected chi connectivity index (χ1v) is 9.12. The van der Waals surface area contributed by atoms with Gasteiger partial charge in [-0.1, -0.05) is 35.9 Å². The molecule has 0 aromatic heterocycles. The number of sulfonamides is 1. The highest BCUT2D eigenvalue weighted by atomic mass is 32.2. The van der Waals surface area contributed by atoms with Crippen LogP contribution in [0.3, 0.4) is 0 Å². The van der Waals surface area contributed by atoms with E-state index in [1.165, 1.54) is 19.1 Å². The molecule has 0 saturated heterocycles. The maximum atomic E-state index is 12.5. The summed E-state index contributed by atoms with van der Waals surface area (Å²) in [6, 6.07) is 13.4. The lowest BCUT2D eigenvalue weighted by molar-refractivity contribution is -0.148. The van der Waals surface area contributed by atoms with Crippen molar-refractivity contribution in [3.63, 3.8) is 0 Å². The number of hydrogen-bond donors (Lipinski definition) is 0. The van der Waals surface area contributed by atoms with Gasteiger partial charge >= 0.3 is 5.97 Å². The Labute approximate surface area is 146 Å². The van der Waals surface area contributed by atoms with Crippen LogP contribution in [0.5, 0.6) is 0 Å². The fourth-order valence-electron chi connectivity index (χ4n) is 2.54. The average molecular weight is 359 g/mol. The highest BCUT2D eigenvalue weighted by Gasteiger charge is 2.29. The van der Waals surface area contributed by atoms with Crippen molar-refractivity contribution >= 4 is 21.9 Å². The largest absolute Gasteiger partial charge is 0.472 e. The van der Waals surface area contributed by atoms with Crippen molar-refractivity contribution in [1.82, 2.24) is 0 Å². The Morgan fingerprint density at radius 1 is 1.16 bits per heavy atom. The first kappa shape index (κ1) is 17.2. The molecule has 25 heavy (non-hydrogen) atoms. The maximum absolute atomic E-state index is 12.5. The molecule has 3 rings (SSSR count). The minimum atomic E-state index is -3.90. The van der Waals surface area contributed by atoms with E-state index in [1.54, 1.807) is 36.4 Å². The Balaban J connectivity index is 2.01. The highest BCUT2D eigenvalue weighted by molar-refractivity contribution is 7.90. The second-order valence-corrected chi connectivity index (χ2v) is 7.28. The lowest BCUT2D eigenvalue weighted by Crippen LogP contribution is -2.26. The molecule has 2 aromatic rings. The number of carbonyl (C=O) groups excluding carboxylic acids is 1. The van der Waals surface area contributed by atoms with Gasteiger partial charge in [0.2, 0.25) is 5.90 Å². The Morgan fingerprint density at radius 3 is 2.52 bits per heavy atom. The normalized spacial score (nSPS) is 18.3. The summed E-state index contributed by atoms with van der Waals surface area (Å²) >= 11 is 0. The molecule has 7 heteroatoms. The Morgan fingerprint density at radius 2 is 1.84 bits per heavy atom. The number of ether oxygens (including phenoxy) is 2. The molecule has 0 bridgehead atoms. The molecule has 0 aliphatic carbocycles. The number of rotatable bonds is 3. The number of benzene rings is 2. The van der Waals surface area contributed by atoms with Gasteiger partial charge < -0.3 is 9.47 Å². The van der Waals surface area contributed by atoms with Gasteiger partial charge in [0.1, 0.15) is 6.61 Å². The third kappa shape index (κ3) is 3.71. The SMILES string of the molecule is CC(=O)O[C@H]1CO/C(=N\S(=O)(=O)c2ccc(C)cc2)c2ccccc21. The van der Waals surface area contributed by atoms with Gasteiger partial charge in [-0.25, -0.2) is 0 Å². The smallest absolute Gasteiger partial charge is 0.303 e. The first-order chi connectivity index (χ1) is 11.9. The number of carbonyl (C=O) groups is 1. The van der Waals surface area contributed by atoms with Crippen molar-refractivity contribution in [3.05, 3.63) is 65.2 Å². The molecule has 0 saturated carbocycles. The number of esters is 1. The number of hydrogen-bond acceptors (Lipinski definition) is 5. The summed E-state index contributed by atoms with van der Waals surface area (Å²) in [5.41, 5.74) is 2.12. The van der Waals surface area contributed by atoms with Crippen LogP contribution in [0.2, 0.25) is 0 Å². The number of fused-ring (bicyclic) bond motifs is 1. The fraction of sp³-hybridized carbons (Fsp3) is 0.222. The van der Waals surface area contributed by atoms with Gasteiger partial charge in [-0.05, 0) is 25.1 Å². The van der Waals surface area contributed by atoms with Gasteiger partial charge in [0, 0.05) is 18.1 Å². The fourth-order valence-corrected chi connectivity index (χ4v) is 3.49. The zero-order valence-corrected chi connectivity index (χ0v) is 14.6. The Hall–Kier alpha value is -2.67. The molecule has 130 valence electrons. The summed E-state index contributed by atoms with van der Waals surface area (Å²) in [5, 5.41) is 0. The van der Waals surface area contributed by atoms with Crippen LogP contribution >= 0.6 is 0 Å². The molecule has 0 radical (unpaired) electrons. The van der Waals surface area contributed by atoms with E-state index in [0.29, 0.717) is 11.1 Å². The van der Waals surface area contributed by atoms with Gasteiger partial charge in [0.15, 0.2) is 6.10 Å². The molecule has 1 atom stereocenters. The van der Waals surface area contributed by atoms with E-state index in [4.69, 9.17) is 9.47 Å². The lowest BCUT2D eigenvalue weighted by atomic mass is 10.0. The summed E-state index contributed by atoms with van der Waals surface area (Å²) in [6.45, 7) is 3.20. The van der Waals surface area contributed by atoms with Crippen LogP contribution in [-0.4, -0.2) is 26.9 Å². The van der Waals surface area contributed by atoms with Crippen LogP contribution in [0.25, 0.3) is 0 Å². The Bertz CT molecular complexity index is 932. The zero-order valence-electron chi connectivity index (χ0n) is 13.8. The predicted molar refractivity (Wildman–Crippen MR) is 91.8 cm³/mol. The summed E-state index contributed by atoms with van der Waals surface area (Å²) in [5.74, 6) is -0.435. The van der Waals surface area contributed by atoms with E-state index in [-0.39, 0.29) is 17.4 Å². The molecule has 1 aliphatic rings. The Kier molecular flexibility index (Phi) is 4.59. The molecule has 0 amide bonds. The summed E-state index contributed by atoms with van der Waals surface area (Å²) in [4.78, 5) is 11.3. The zero-order chi connectivity index (χ0) is 18.0. The molecule has 6 nitrogen and oxygen atoms in total. The van der Waals surface area contributed by atoms with Crippen LogP contribution in [0.15, 0.2) is 57.8 Å². The molecule has 1 aliphatic heterocycles. The van der Waals surface area contributed by atoms with Gasteiger partial charge in [-0.3, -0.25) is 4.79 Å². The molecular weight excluding hydrogens is 342 g/mol. The monoisotopic (exact) mass is 359 g/mol. The van der Waals surface area contributed by atoms with Crippen LogP contribution in [-0.2, 0) is 24.3 Å². The highest BCUT2D eigenvalue weighted by Crippen LogP contribution is 2.29. The van der Waals surface area contributed by atoms with Gasteiger partial charge in [0.25, 0.3) is 10.0 Å². The first-order valence-electron chi connectivity index (χ1n) is 7.68. The van der Waals surface area contributed by atoms with Gasteiger partial charge in [0.05, 0.1) is 4.90 Å². The molecule has 0 fully saturated rings. The van der Waals surface area contributed by atoms with E-state index in [1.807, 2.05) is 6.92 Å². The predicted octanol–water partition coefficient (Wildman–Crippen LogP) is 2.76. The van der Waals surface area contributed by atoms with Crippen LogP contribution in [0.1, 0.15) is 29.7 Å². The van der Waals surface area contributed by atoms with E-state index in [2.05, 4.69) is 4.40 Å². The van der Waals surface area contributed by atoms with Crippen LogP contribution < -0.4 is 0 Å². The summed E-state index contributed by atoms with van der Waals surface area (Å²) < 4.78 is 39.6. The molecule has 2 aromatic carbocycles. The van der Waals surface area contributed by atoms with Crippen molar-refractivity contribution in [3.8, 4) is 0 Å². The number of nitrogens with zero attached hydrogens (tertiary/aromatic N) is 1. The summed E-state index contributed by atoms with van der Waals surface area (Å²) in [7, 11) is -3.90. The van der Waals surface area contributed by atoms with Crippen molar-refractivity contribution < 1.29 is 22.7 Å². The second kappa shape index (κ2) is 6.68. The number of aryl methyl sites for hydroxylation is 1. The van der Waals surface area contributed by atoms with Crippen molar-refractivity contribution in [1.29, 1.82) is 0 Å². The quantitative estimate of drug-likeness (QED) is 0.787. The molecular formula is C18H17NO5S.